The first-order valence-electron chi connectivity index (χ1n) is 6.73. The molecule has 0 spiro atoms. The second kappa shape index (κ2) is 5.28. The largest absolute Gasteiger partial charge is 0.228 e. The average molecular weight is 282 g/mol. The smallest absolute Gasteiger partial charge is 0.162 e. The Labute approximate surface area is 118 Å². The van der Waals surface area contributed by atoms with E-state index in [2.05, 4.69) is 20.8 Å². The van der Waals surface area contributed by atoms with Crippen LogP contribution >= 0.6 is 0 Å². The number of rotatable bonds is 3. The summed E-state index contributed by atoms with van der Waals surface area (Å²) in [5.41, 5.74) is 0.867. The van der Waals surface area contributed by atoms with Crippen LogP contribution in [0.15, 0.2) is 30.3 Å². The molecule has 0 N–H and O–H groups in total. The minimum Gasteiger partial charge on any atom is -0.228 e. The molecular weight excluding hydrogens is 256 g/mol. The van der Waals surface area contributed by atoms with Gasteiger partial charge in [-0.15, -0.1) is 0 Å². The van der Waals surface area contributed by atoms with Gasteiger partial charge in [0, 0.05) is 0 Å². The van der Waals surface area contributed by atoms with E-state index in [4.69, 9.17) is 0 Å². The lowest BCUT2D eigenvalue weighted by Gasteiger charge is -2.31. The van der Waals surface area contributed by atoms with Gasteiger partial charge in [-0.25, -0.2) is 8.42 Å². The molecule has 0 aliphatic heterocycles. The zero-order valence-electron chi connectivity index (χ0n) is 12.9. The molecule has 0 radical (unpaired) electrons. The SMILES string of the molecule is CC(C)(C)C[C@H](c1ccccc1)S(=O)(=O)C(C)(C)C. The molecule has 0 saturated heterocycles. The fourth-order valence-electron chi connectivity index (χ4n) is 2.06. The third-order valence-electron chi connectivity index (χ3n) is 3.20. The predicted molar refractivity (Wildman–Crippen MR) is 81.9 cm³/mol. The van der Waals surface area contributed by atoms with Crippen LogP contribution in [0.2, 0.25) is 0 Å². The Bertz CT molecular complexity index is 502. The van der Waals surface area contributed by atoms with E-state index in [1.807, 2.05) is 30.3 Å². The van der Waals surface area contributed by atoms with Crippen LogP contribution in [0, 0.1) is 5.41 Å². The second-order valence-corrected chi connectivity index (χ2v) is 10.2. The van der Waals surface area contributed by atoms with E-state index in [-0.39, 0.29) is 5.41 Å². The first-order chi connectivity index (χ1) is 8.45. The topological polar surface area (TPSA) is 34.1 Å². The Morgan fingerprint density at radius 1 is 0.947 bits per heavy atom. The van der Waals surface area contributed by atoms with Crippen LogP contribution in [0.4, 0.5) is 0 Å². The van der Waals surface area contributed by atoms with E-state index >= 15 is 0 Å². The maximum absolute atomic E-state index is 12.8. The number of sulfone groups is 1. The highest BCUT2D eigenvalue weighted by Crippen LogP contribution is 2.39. The van der Waals surface area contributed by atoms with Crippen LogP contribution in [0.25, 0.3) is 0 Å². The first-order valence-corrected chi connectivity index (χ1v) is 8.28. The molecule has 0 unspecified atom stereocenters. The summed E-state index contributed by atoms with van der Waals surface area (Å²) >= 11 is 0. The molecule has 0 aromatic heterocycles. The molecular formula is C16H26O2S. The molecule has 108 valence electrons. The van der Waals surface area contributed by atoms with Crippen LogP contribution in [0.1, 0.15) is 58.8 Å². The van der Waals surface area contributed by atoms with Crippen LogP contribution < -0.4 is 0 Å². The molecule has 1 aromatic rings. The van der Waals surface area contributed by atoms with Gasteiger partial charge in [0.2, 0.25) is 0 Å². The van der Waals surface area contributed by atoms with Crippen LogP contribution in [-0.4, -0.2) is 13.2 Å². The molecule has 0 saturated carbocycles. The minimum absolute atomic E-state index is 0.0289. The highest BCUT2D eigenvalue weighted by molar-refractivity contribution is 7.93. The molecule has 0 aliphatic carbocycles. The Morgan fingerprint density at radius 2 is 1.42 bits per heavy atom. The van der Waals surface area contributed by atoms with Crippen molar-refractivity contribution in [3.05, 3.63) is 35.9 Å². The number of hydrogen-bond acceptors (Lipinski definition) is 2. The number of benzene rings is 1. The highest BCUT2D eigenvalue weighted by atomic mass is 32.2. The summed E-state index contributed by atoms with van der Waals surface area (Å²) < 4.78 is 24.9. The Morgan fingerprint density at radius 3 is 1.79 bits per heavy atom. The van der Waals surface area contributed by atoms with Gasteiger partial charge in [0.15, 0.2) is 9.84 Å². The molecule has 19 heavy (non-hydrogen) atoms. The van der Waals surface area contributed by atoms with Gasteiger partial charge in [0.05, 0.1) is 10.00 Å². The van der Waals surface area contributed by atoms with Crippen molar-refractivity contribution in [2.45, 2.75) is 58.0 Å². The molecule has 1 aromatic carbocycles. The molecule has 0 heterocycles. The molecule has 2 nitrogen and oxygen atoms in total. The van der Waals surface area contributed by atoms with Gasteiger partial charge < -0.3 is 0 Å². The Balaban J connectivity index is 3.30. The summed E-state index contributed by atoms with van der Waals surface area (Å²) in [5.74, 6) is 0. The van der Waals surface area contributed by atoms with Crippen molar-refractivity contribution in [1.29, 1.82) is 0 Å². The Hall–Kier alpha value is -0.830. The molecule has 3 heteroatoms. The molecule has 0 bridgehead atoms. The van der Waals surface area contributed by atoms with Crippen molar-refractivity contribution < 1.29 is 8.42 Å². The summed E-state index contributed by atoms with van der Waals surface area (Å²) in [5, 5.41) is -0.436. The summed E-state index contributed by atoms with van der Waals surface area (Å²) in [7, 11) is -3.22. The third kappa shape index (κ3) is 4.07. The lowest BCUT2D eigenvalue weighted by atomic mass is 9.88. The molecule has 0 amide bonds. The molecule has 1 rings (SSSR count). The zero-order valence-corrected chi connectivity index (χ0v) is 13.7. The molecule has 0 fully saturated rings. The highest BCUT2D eigenvalue weighted by Gasteiger charge is 2.39. The van der Waals surface area contributed by atoms with E-state index in [0.717, 1.165) is 5.56 Å². The quantitative estimate of drug-likeness (QED) is 0.824. The standard InChI is InChI=1S/C16H26O2S/c1-15(2,3)12-14(13-10-8-7-9-11-13)19(17,18)16(4,5)6/h7-11,14H,12H2,1-6H3/t14-/m1/s1. The summed E-state index contributed by atoms with van der Waals surface area (Å²) in [6.07, 6.45) is 0.636. The van der Waals surface area contributed by atoms with Gasteiger partial charge in [0.1, 0.15) is 0 Å². The van der Waals surface area contributed by atoms with Gasteiger partial charge in [-0.05, 0) is 38.2 Å². The van der Waals surface area contributed by atoms with Gasteiger partial charge in [-0.1, -0.05) is 51.1 Å². The van der Waals surface area contributed by atoms with Gasteiger partial charge in [0.25, 0.3) is 0 Å². The monoisotopic (exact) mass is 282 g/mol. The fraction of sp³-hybridized carbons (Fsp3) is 0.625. The van der Waals surface area contributed by atoms with Crippen molar-refractivity contribution in [3.63, 3.8) is 0 Å². The summed E-state index contributed by atoms with van der Waals surface area (Å²) in [6, 6.07) is 9.56. The minimum atomic E-state index is -3.22. The average Bonchev–Trinajstić information content (AvgIpc) is 2.24. The predicted octanol–water partition coefficient (Wildman–Crippen LogP) is 4.38. The maximum Gasteiger partial charge on any atom is 0.162 e. The van der Waals surface area contributed by atoms with E-state index in [1.54, 1.807) is 20.8 Å². The van der Waals surface area contributed by atoms with E-state index in [0.29, 0.717) is 6.42 Å². The Kier molecular flexibility index (Phi) is 4.51. The lowest BCUT2D eigenvalue weighted by molar-refractivity contribution is 0.365. The van der Waals surface area contributed by atoms with Crippen molar-refractivity contribution in [2.24, 2.45) is 5.41 Å². The van der Waals surface area contributed by atoms with Gasteiger partial charge >= 0.3 is 0 Å². The summed E-state index contributed by atoms with van der Waals surface area (Å²) in [4.78, 5) is 0. The van der Waals surface area contributed by atoms with Crippen LogP contribution in [0.3, 0.4) is 0 Å². The van der Waals surface area contributed by atoms with E-state index in [9.17, 15) is 8.42 Å². The van der Waals surface area contributed by atoms with Gasteiger partial charge in [-0.2, -0.15) is 0 Å². The zero-order chi connectivity index (χ0) is 14.9. The number of hydrogen-bond donors (Lipinski definition) is 0. The van der Waals surface area contributed by atoms with Crippen LogP contribution in [0.5, 0.6) is 0 Å². The summed E-state index contributed by atoms with van der Waals surface area (Å²) in [6.45, 7) is 11.6. The second-order valence-electron chi connectivity index (χ2n) is 7.32. The van der Waals surface area contributed by atoms with E-state index < -0.39 is 19.8 Å². The normalized spacial score (nSPS) is 15.3. The fourth-order valence-corrected chi connectivity index (χ4v) is 4.15. The van der Waals surface area contributed by atoms with Crippen molar-refractivity contribution in [2.75, 3.05) is 0 Å². The maximum atomic E-state index is 12.8. The third-order valence-corrected chi connectivity index (χ3v) is 6.09. The van der Waals surface area contributed by atoms with Gasteiger partial charge in [-0.3, -0.25) is 0 Å². The molecule has 0 aliphatic rings. The van der Waals surface area contributed by atoms with Crippen LogP contribution in [-0.2, 0) is 9.84 Å². The van der Waals surface area contributed by atoms with E-state index in [1.165, 1.54) is 0 Å². The lowest BCUT2D eigenvalue weighted by Crippen LogP contribution is -2.34. The van der Waals surface area contributed by atoms with Crippen molar-refractivity contribution in [1.82, 2.24) is 0 Å². The van der Waals surface area contributed by atoms with Crippen molar-refractivity contribution in [3.8, 4) is 0 Å². The first kappa shape index (κ1) is 16.2. The molecule has 1 atom stereocenters. The van der Waals surface area contributed by atoms with Crippen molar-refractivity contribution >= 4 is 9.84 Å².